The first kappa shape index (κ1) is 124. The molecule has 143 heavy (non-hydrogen) atoms. The fourth-order valence-corrected chi connectivity index (χ4v) is 13.3. The number of aliphatic carboxylic acids is 5. The number of carboxylic acid groups (broad SMARTS) is 5. The number of rotatable bonds is 70. The Morgan fingerprint density at radius 1 is 0.371 bits per heavy atom. The average molecular weight is 2050 g/mol. The summed E-state index contributed by atoms with van der Waals surface area (Å²) in [5.74, 6) is -34.3. The number of aromatic nitrogens is 2. The Kier molecular flexibility index (Phi) is 55.4. The van der Waals surface area contributed by atoms with E-state index in [0.29, 0.717) is 18.4 Å². The Balaban J connectivity index is 2.44. The Morgan fingerprint density at radius 3 is 1.19 bits per heavy atom. The molecule has 17 atom stereocenters. The molecular weight excluding hydrogens is 1920 g/mol. The standard InChI is InChI=1S/C83H127N25O34S/c1-37(2)25-50(76(134)103-49(83(141)142)9-7-8-23-84)96-61(117)34-91-69(127)38(3)95-75(133)54(29-65(123)124)106-82(140)68(40(5)110)108-80(138)53(28-64(121)122)98-62(118)35-93-71(129)45(17-21-63(119)120)99-72(130)46(15-19-57(87)113)101-78(136)55(30-66(125)126)105-73(131)47(16-20-58(88)114)100-77(135)52(27-42-31-89-36-94-42)104-74(132)48(22-24-143-6)102-81(139)67(39(4)109)107-79(137)51(26-41-10-12-43(111)13-11-41)97-60(116)33-90-59(115)32-92-70(128)44(85)14-18-56(86)112/h10-13,31,36-40,44-55,67-68,109-111H,7-9,14-30,32-35,84-85H2,1-6H3,(H2,86,112)(H2,87,113)(H2,88,114)(H,89,94)(H,90,115)(H,91,127)(H,92,128)(H,93,129)(H,95,133)(H,96,117)(H,97,116)(H,98,118)(H,99,130)(H,100,135)(H,101,136)(H,102,139)(H,103,134)(H,104,132)(H,105,131)(H,106,140)(H,107,137)(H,108,138)(H,119,120)(H,121,122)(H,123,124)(H,125,126)(H,141,142). The van der Waals surface area contributed by atoms with E-state index in [4.69, 9.17) is 28.7 Å². The highest BCUT2D eigenvalue weighted by Gasteiger charge is 2.41. The molecule has 0 saturated carbocycles. The molecule has 1 aromatic carbocycles. The van der Waals surface area contributed by atoms with Crippen molar-refractivity contribution in [2.45, 2.75) is 253 Å². The number of carbonyl (C=O) groups excluding carboxylic acids is 21. The highest BCUT2D eigenvalue weighted by atomic mass is 32.2. The first-order valence-electron chi connectivity index (χ1n) is 44.4. The number of unbranched alkanes of at least 4 members (excludes halogenated alkanes) is 1. The van der Waals surface area contributed by atoms with Gasteiger partial charge < -0.3 is 170 Å². The number of thioether (sulfide) groups is 1. The molecule has 2 rings (SSSR count). The van der Waals surface area contributed by atoms with Crippen LogP contribution in [0, 0.1) is 5.92 Å². The molecule has 1 aromatic heterocycles. The molecule has 37 N–H and O–H groups in total. The van der Waals surface area contributed by atoms with E-state index in [1.807, 2.05) is 21.3 Å². The summed E-state index contributed by atoms with van der Waals surface area (Å²) in [6, 6.07) is -22.6. The van der Waals surface area contributed by atoms with Crippen LogP contribution >= 0.6 is 11.8 Å². The van der Waals surface area contributed by atoms with Crippen molar-refractivity contribution >= 4 is 166 Å². The van der Waals surface area contributed by atoms with E-state index in [1.54, 1.807) is 20.1 Å². The van der Waals surface area contributed by atoms with Gasteiger partial charge in [-0.3, -0.25) is 120 Å². The number of phenols is 1. The van der Waals surface area contributed by atoms with Crippen LogP contribution in [-0.4, -0.2) is 352 Å². The summed E-state index contributed by atoms with van der Waals surface area (Å²) < 4.78 is 0. The maximum absolute atomic E-state index is 14.6. The van der Waals surface area contributed by atoms with Crippen LogP contribution in [0.15, 0.2) is 36.8 Å². The number of nitrogens with two attached hydrogens (primary N) is 5. The molecule has 17 unspecified atom stereocenters. The molecule has 2 aromatic rings. The second-order valence-electron chi connectivity index (χ2n) is 33.0. The summed E-state index contributed by atoms with van der Waals surface area (Å²) in [6.07, 6.45) is -9.54. The lowest BCUT2D eigenvalue weighted by atomic mass is 10.0. The zero-order chi connectivity index (χ0) is 108. The Morgan fingerprint density at radius 2 is 0.734 bits per heavy atom. The normalized spacial score (nSPS) is 14.5. The largest absolute Gasteiger partial charge is 0.508 e. The van der Waals surface area contributed by atoms with Crippen molar-refractivity contribution in [3.63, 3.8) is 0 Å². The highest BCUT2D eigenvalue weighted by Crippen LogP contribution is 2.16. The van der Waals surface area contributed by atoms with Crippen LogP contribution in [0.4, 0.5) is 0 Å². The number of carbonyl (C=O) groups is 26. The summed E-state index contributed by atoms with van der Waals surface area (Å²) in [5, 5.41) is 120. The number of benzene rings is 1. The minimum Gasteiger partial charge on any atom is -0.508 e. The van der Waals surface area contributed by atoms with E-state index >= 15 is 0 Å². The molecule has 1 heterocycles. The van der Waals surface area contributed by atoms with E-state index in [1.165, 1.54) is 30.5 Å². The minimum absolute atomic E-state index is 0.0143. The number of nitrogens with one attached hydrogen (secondary N) is 19. The lowest BCUT2D eigenvalue weighted by molar-refractivity contribution is -0.143. The first-order valence-corrected chi connectivity index (χ1v) is 45.8. The number of carboxylic acids is 5. The van der Waals surface area contributed by atoms with Gasteiger partial charge in [-0.05, 0) is 121 Å². The lowest BCUT2D eigenvalue weighted by Crippen LogP contribution is -2.62. The fourth-order valence-electron chi connectivity index (χ4n) is 12.8. The number of primary amides is 3. The van der Waals surface area contributed by atoms with Gasteiger partial charge in [-0.2, -0.15) is 11.8 Å². The Bertz CT molecular complexity index is 4800. The van der Waals surface area contributed by atoms with Gasteiger partial charge in [-0.1, -0.05) is 26.0 Å². The first-order chi connectivity index (χ1) is 67.0. The number of imidazole rings is 1. The van der Waals surface area contributed by atoms with Crippen LogP contribution in [-0.2, 0) is 137 Å². The molecule has 0 radical (unpaired) electrons. The Hall–Kier alpha value is -15.4. The number of phenolic OH excluding ortho intramolecular Hbond substituents is 1. The van der Waals surface area contributed by atoms with Gasteiger partial charge in [0.2, 0.25) is 124 Å². The molecule has 60 heteroatoms. The minimum atomic E-state index is -2.34. The summed E-state index contributed by atoms with van der Waals surface area (Å²) in [7, 11) is 0. The molecule has 0 aliphatic heterocycles. The quantitative estimate of drug-likeness (QED) is 0.0274. The topological polar surface area (TPSA) is 981 Å². The summed E-state index contributed by atoms with van der Waals surface area (Å²) >= 11 is 1.15. The van der Waals surface area contributed by atoms with Gasteiger partial charge in [0.15, 0.2) is 0 Å². The van der Waals surface area contributed by atoms with Gasteiger partial charge in [0.1, 0.15) is 90.3 Å². The monoisotopic (exact) mass is 2050 g/mol. The molecule has 0 aliphatic rings. The second-order valence-corrected chi connectivity index (χ2v) is 34.0. The molecular formula is C83H127N25O34S. The molecule has 21 amide bonds. The number of H-pyrrole nitrogens is 1. The van der Waals surface area contributed by atoms with Crippen molar-refractivity contribution in [3.05, 3.63) is 48.0 Å². The van der Waals surface area contributed by atoms with Gasteiger partial charge in [-0.15, -0.1) is 0 Å². The number of amides is 21. The summed E-state index contributed by atoms with van der Waals surface area (Å²) in [6.45, 7) is 3.02. The molecule has 794 valence electrons. The molecule has 59 nitrogen and oxygen atoms in total. The van der Waals surface area contributed by atoms with E-state index in [2.05, 4.69) is 84.4 Å². The molecule has 0 fully saturated rings. The van der Waals surface area contributed by atoms with Crippen LogP contribution in [0.5, 0.6) is 5.75 Å². The highest BCUT2D eigenvalue weighted by molar-refractivity contribution is 7.98. The molecule has 0 bridgehead atoms. The maximum atomic E-state index is 14.6. The zero-order valence-corrected chi connectivity index (χ0v) is 79.6. The molecule has 0 aliphatic carbocycles. The zero-order valence-electron chi connectivity index (χ0n) is 78.8. The predicted octanol–water partition coefficient (Wildman–Crippen LogP) is -13.6. The second kappa shape index (κ2) is 64.1. The van der Waals surface area contributed by atoms with Gasteiger partial charge in [-0.25, -0.2) is 9.78 Å². The predicted molar refractivity (Wildman–Crippen MR) is 492 cm³/mol. The van der Waals surface area contributed by atoms with Gasteiger partial charge in [0, 0.05) is 44.7 Å². The number of aliphatic hydroxyl groups excluding tert-OH is 2. The van der Waals surface area contributed by atoms with Crippen molar-refractivity contribution in [2.24, 2.45) is 34.6 Å². The van der Waals surface area contributed by atoms with Gasteiger partial charge in [0.05, 0.1) is 75.7 Å². The smallest absolute Gasteiger partial charge is 0.326 e. The summed E-state index contributed by atoms with van der Waals surface area (Å²) in [4.78, 5) is 350. The van der Waals surface area contributed by atoms with Crippen LogP contribution in [0.25, 0.3) is 0 Å². The molecule has 0 spiro atoms. The summed E-state index contributed by atoms with van der Waals surface area (Å²) in [5.41, 5.74) is 27.5. The van der Waals surface area contributed by atoms with Crippen LogP contribution in [0.3, 0.4) is 0 Å². The van der Waals surface area contributed by atoms with E-state index in [0.717, 1.165) is 38.9 Å². The van der Waals surface area contributed by atoms with E-state index in [9.17, 15) is 166 Å². The number of aliphatic hydroxyl groups is 2. The number of aromatic amines is 1. The Labute approximate surface area is 819 Å². The third-order valence-corrected chi connectivity index (χ3v) is 21.0. The fraction of sp³-hybridized carbons (Fsp3) is 0.578. The van der Waals surface area contributed by atoms with Gasteiger partial charge >= 0.3 is 29.8 Å². The third-order valence-electron chi connectivity index (χ3n) is 20.4. The number of hydrogen-bond donors (Lipinski definition) is 32. The number of nitrogens with zero attached hydrogens (tertiary/aromatic N) is 1. The maximum Gasteiger partial charge on any atom is 0.326 e. The average Bonchev–Trinajstić information content (AvgIpc) is 1.27. The third kappa shape index (κ3) is 49.9. The SMILES string of the molecule is CSCCC(NC(=O)C(NC(=O)C(Cc1ccc(O)cc1)NC(=O)CNC(=O)CNC(=O)C(N)CCC(N)=O)C(C)O)C(=O)NC(Cc1c[nH]cn1)C(=O)NC(CCC(N)=O)C(=O)NC(CC(=O)O)C(=O)NC(CCC(N)=O)C(=O)NC(CCC(=O)O)C(=O)NCC(=O)NC(CC(=O)O)C(=O)NC(C(=O)NC(CC(=O)O)C(=O)NC(C)C(=O)NCC(=O)NC(CC(C)C)C(=O)NC(CCCCN)C(=O)O)C(C)O. The van der Waals surface area contributed by atoms with Gasteiger partial charge in [0.25, 0.3) is 0 Å². The van der Waals surface area contributed by atoms with Crippen molar-refractivity contribution < 1.29 is 166 Å². The molecule has 0 saturated heterocycles. The van der Waals surface area contributed by atoms with E-state index < -0.39 is 347 Å². The van der Waals surface area contributed by atoms with Crippen molar-refractivity contribution in [1.82, 2.24) is 106 Å². The van der Waals surface area contributed by atoms with E-state index in [-0.39, 0.29) is 68.2 Å². The van der Waals surface area contributed by atoms with Crippen LogP contribution in [0.1, 0.15) is 149 Å². The van der Waals surface area contributed by atoms with Crippen molar-refractivity contribution in [3.8, 4) is 5.75 Å². The van der Waals surface area contributed by atoms with Crippen molar-refractivity contribution in [2.75, 3.05) is 44.7 Å². The van der Waals surface area contributed by atoms with Crippen LogP contribution < -0.4 is 124 Å². The van der Waals surface area contributed by atoms with Crippen LogP contribution in [0.2, 0.25) is 0 Å². The number of aromatic hydroxyl groups is 1. The lowest BCUT2D eigenvalue weighted by Gasteiger charge is -2.28. The van der Waals surface area contributed by atoms with Crippen molar-refractivity contribution in [1.29, 1.82) is 0 Å². The number of hydrogen-bond acceptors (Lipinski definition) is 33.